The van der Waals surface area contributed by atoms with E-state index in [0.29, 0.717) is 5.76 Å². The highest BCUT2D eigenvalue weighted by Gasteiger charge is 2.30. The molecule has 2 aromatic rings. The first kappa shape index (κ1) is 33.8. The van der Waals surface area contributed by atoms with Crippen molar-refractivity contribution in [2.24, 2.45) is 5.73 Å². The maximum Gasteiger partial charge on any atom is 0.271 e. The highest BCUT2D eigenvalue weighted by Crippen LogP contribution is 2.08. The lowest BCUT2D eigenvalue weighted by Crippen LogP contribution is -2.57. The minimum Gasteiger partial charge on any atom is -0.469 e. The Morgan fingerprint density at radius 3 is 2.40 bits per heavy atom. The van der Waals surface area contributed by atoms with Gasteiger partial charge in [0.2, 0.25) is 29.5 Å². The molecule has 0 aromatic carbocycles. The molecule has 45 heavy (non-hydrogen) atoms. The van der Waals surface area contributed by atoms with Crippen LogP contribution in [0.5, 0.6) is 0 Å². The summed E-state index contributed by atoms with van der Waals surface area (Å²) in [4.78, 5) is 97.4. The molecule has 238 valence electrons. The van der Waals surface area contributed by atoms with E-state index in [1.807, 2.05) is 0 Å². The van der Waals surface area contributed by atoms with Gasteiger partial charge >= 0.3 is 0 Å². The molecule has 1 aliphatic heterocycles. The van der Waals surface area contributed by atoms with Gasteiger partial charge in [-0.2, -0.15) is 0 Å². The van der Waals surface area contributed by atoms with Crippen LogP contribution in [0.15, 0.2) is 65.7 Å². The fourth-order valence-corrected chi connectivity index (χ4v) is 4.23. The number of allylic oxidation sites excluding steroid dienone is 1. The zero-order valence-corrected chi connectivity index (χ0v) is 24.4. The molecule has 0 fully saturated rings. The number of amides is 6. The predicted octanol–water partition coefficient (Wildman–Crippen LogP) is -1.65. The molecular weight excluding hydrogens is 588 g/mol. The number of rotatable bonds is 7. The Kier molecular flexibility index (Phi) is 12.7. The number of nitrogens with two attached hydrogens (primary N) is 1. The van der Waals surface area contributed by atoms with E-state index in [2.05, 4.69) is 36.6 Å². The Labute approximate surface area is 257 Å². The van der Waals surface area contributed by atoms with Crippen LogP contribution in [0.4, 0.5) is 0 Å². The molecule has 3 heterocycles. The van der Waals surface area contributed by atoms with Crippen LogP contribution in [0.1, 0.15) is 42.4 Å². The van der Waals surface area contributed by atoms with E-state index in [0.717, 1.165) is 12.2 Å². The van der Waals surface area contributed by atoms with Crippen molar-refractivity contribution in [2.45, 2.75) is 56.8 Å². The lowest BCUT2D eigenvalue weighted by Gasteiger charge is -2.24. The van der Waals surface area contributed by atoms with E-state index in [4.69, 9.17) is 10.2 Å². The monoisotopic (exact) mass is 622 g/mol. The summed E-state index contributed by atoms with van der Waals surface area (Å²) in [5.74, 6) is -4.86. The van der Waals surface area contributed by atoms with Crippen LogP contribution in [0, 0.1) is 0 Å². The second-order valence-corrected chi connectivity index (χ2v) is 9.87. The molecule has 0 saturated heterocycles. The van der Waals surface area contributed by atoms with E-state index in [-0.39, 0.29) is 37.9 Å². The van der Waals surface area contributed by atoms with Gasteiger partial charge in [0.15, 0.2) is 5.78 Å². The molecule has 7 N–H and O–H groups in total. The zero-order chi connectivity index (χ0) is 32.8. The van der Waals surface area contributed by atoms with E-state index in [1.54, 1.807) is 19.1 Å². The van der Waals surface area contributed by atoms with Gasteiger partial charge in [-0.15, -0.1) is 0 Å². The summed E-state index contributed by atoms with van der Waals surface area (Å²) in [6.07, 6.45) is 9.65. The molecule has 0 saturated carbocycles. The third kappa shape index (κ3) is 10.8. The Morgan fingerprint density at radius 2 is 1.76 bits per heavy atom. The molecule has 0 aliphatic carbocycles. The maximum atomic E-state index is 13.6. The summed E-state index contributed by atoms with van der Waals surface area (Å²) in [7, 11) is 0. The van der Waals surface area contributed by atoms with Gasteiger partial charge < -0.3 is 36.7 Å². The number of carbonyl (C=O) groups is 7. The molecule has 16 nitrogen and oxygen atoms in total. The fraction of sp³-hybridized carbons (Fsp3) is 0.345. The summed E-state index contributed by atoms with van der Waals surface area (Å²) in [5, 5.41) is 12.5. The van der Waals surface area contributed by atoms with Crippen molar-refractivity contribution >= 4 is 41.2 Å². The number of aromatic nitrogens is 2. The largest absolute Gasteiger partial charge is 0.469 e. The van der Waals surface area contributed by atoms with E-state index in [9.17, 15) is 33.6 Å². The first-order chi connectivity index (χ1) is 21.6. The van der Waals surface area contributed by atoms with Gasteiger partial charge in [0.25, 0.3) is 5.91 Å². The van der Waals surface area contributed by atoms with Gasteiger partial charge in [-0.1, -0.05) is 12.2 Å². The fourth-order valence-electron chi connectivity index (χ4n) is 4.23. The third-order valence-electron chi connectivity index (χ3n) is 6.51. The predicted molar refractivity (Wildman–Crippen MR) is 157 cm³/mol. The minimum absolute atomic E-state index is 0.0226. The summed E-state index contributed by atoms with van der Waals surface area (Å²) in [5.41, 5.74) is 5.39. The van der Waals surface area contributed by atoms with E-state index < -0.39 is 65.4 Å². The number of hydrogen-bond acceptors (Lipinski definition) is 10. The first-order valence-electron chi connectivity index (χ1n) is 14.0. The highest BCUT2D eigenvalue weighted by molar-refractivity contribution is 6.01. The van der Waals surface area contributed by atoms with E-state index >= 15 is 0 Å². The van der Waals surface area contributed by atoms with Crippen molar-refractivity contribution < 1.29 is 38.0 Å². The molecule has 6 amide bonds. The standard InChI is InChI=1S/C29H34N8O8/c1-2-5-19-28(43)36-20(14-17-6-4-13-45-17)29(44)37-21(16-33-27(42)22-15-31-11-12-32-22)23(38)8-3-7-18(26(30)41)34-24(39)9-10-25(40)35-19/h2,4-6,9-13,15,18-21H,3,7-8,14,16H2,1H3,(H2,30,41)(H,33,42)(H,34,39)(H,35,40)(H,36,43)(H,37,44)/b5-2+,10-9?. The molecule has 2 aromatic heterocycles. The molecular formula is C29H34N8O8. The number of hydrogen-bond donors (Lipinski definition) is 6. The van der Waals surface area contributed by atoms with Crippen molar-refractivity contribution in [3.05, 3.63) is 72.7 Å². The number of nitrogens with zero attached hydrogens (tertiary/aromatic N) is 2. The average Bonchev–Trinajstić information content (AvgIpc) is 3.53. The Bertz CT molecular complexity index is 1440. The number of carbonyl (C=O) groups excluding carboxylic acids is 7. The quantitative estimate of drug-likeness (QED) is 0.192. The van der Waals surface area contributed by atoms with Crippen LogP contribution in [0.2, 0.25) is 0 Å². The van der Waals surface area contributed by atoms with Gasteiger partial charge in [0.1, 0.15) is 35.6 Å². The summed E-state index contributed by atoms with van der Waals surface area (Å²) < 4.78 is 5.36. The van der Waals surface area contributed by atoms with Crippen LogP contribution in [-0.4, -0.2) is 81.9 Å². The van der Waals surface area contributed by atoms with Gasteiger partial charge in [-0.05, 0) is 31.9 Å². The minimum atomic E-state index is -1.28. The molecule has 1 aliphatic rings. The lowest BCUT2D eigenvalue weighted by molar-refractivity contribution is -0.132. The van der Waals surface area contributed by atoms with Crippen molar-refractivity contribution in [3.63, 3.8) is 0 Å². The zero-order valence-electron chi connectivity index (χ0n) is 24.4. The van der Waals surface area contributed by atoms with Crippen molar-refractivity contribution in [1.82, 2.24) is 36.6 Å². The SMILES string of the molecule is C/C=C/C1NC(=O)C=CC(=O)NC(C(N)=O)CCCC(=O)C(CNC(=O)c2cnccn2)NC(=O)C(Cc2ccco2)NC1=O. The molecule has 16 heteroatoms. The van der Waals surface area contributed by atoms with Gasteiger partial charge in [-0.3, -0.25) is 38.5 Å². The smallest absolute Gasteiger partial charge is 0.271 e. The van der Waals surface area contributed by atoms with Gasteiger partial charge in [0, 0.05) is 43.9 Å². The van der Waals surface area contributed by atoms with Crippen LogP contribution >= 0.6 is 0 Å². The number of primary amides is 1. The first-order valence-corrected chi connectivity index (χ1v) is 14.0. The van der Waals surface area contributed by atoms with Crippen LogP contribution in [-0.2, 0) is 35.2 Å². The maximum absolute atomic E-state index is 13.6. The van der Waals surface area contributed by atoms with Crippen molar-refractivity contribution in [3.8, 4) is 0 Å². The van der Waals surface area contributed by atoms with Crippen molar-refractivity contribution in [1.29, 1.82) is 0 Å². The summed E-state index contributed by atoms with van der Waals surface area (Å²) >= 11 is 0. The summed E-state index contributed by atoms with van der Waals surface area (Å²) in [6, 6.07) is -1.80. The molecule has 0 spiro atoms. The number of nitrogens with one attached hydrogen (secondary N) is 5. The average molecular weight is 623 g/mol. The van der Waals surface area contributed by atoms with E-state index in [1.165, 1.54) is 37.0 Å². The molecule has 3 rings (SSSR count). The second kappa shape index (κ2) is 16.8. The number of furan rings is 1. The Hall–Kier alpha value is -5.67. The van der Waals surface area contributed by atoms with Gasteiger partial charge in [-0.25, -0.2) is 4.98 Å². The molecule has 0 bridgehead atoms. The second-order valence-electron chi connectivity index (χ2n) is 9.87. The Morgan fingerprint density at radius 1 is 1.02 bits per heavy atom. The van der Waals surface area contributed by atoms with Crippen LogP contribution in [0.25, 0.3) is 0 Å². The van der Waals surface area contributed by atoms with Crippen molar-refractivity contribution in [2.75, 3.05) is 6.54 Å². The number of Topliss-reactive ketones (excluding diaryl/α,β-unsaturated/α-hetero) is 1. The third-order valence-corrected chi connectivity index (χ3v) is 6.51. The lowest BCUT2D eigenvalue weighted by atomic mass is 10.0. The normalized spacial score (nSPS) is 22.4. The van der Waals surface area contributed by atoms with Gasteiger partial charge in [0.05, 0.1) is 12.5 Å². The molecule has 0 radical (unpaired) electrons. The van der Waals surface area contributed by atoms with Crippen LogP contribution < -0.4 is 32.3 Å². The number of ketones is 1. The summed E-state index contributed by atoms with van der Waals surface area (Å²) in [6.45, 7) is 1.26. The molecule has 4 unspecified atom stereocenters. The van der Waals surface area contributed by atoms with Crippen LogP contribution in [0.3, 0.4) is 0 Å². The highest BCUT2D eigenvalue weighted by atomic mass is 16.3. The topological polar surface area (TPSA) is 245 Å². The molecule has 4 atom stereocenters. The Balaban J connectivity index is 1.92.